The predicted molar refractivity (Wildman–Crippen MR) is 52.5 cm³/mol. The predicted octanol–water partition coefficient (Wildman–Crippen LogP) is 0.538. The second-order valence-electron chi connectivity index (χ2n) is 4.18. The van der Waals surface area contributed by atoms with Gasteiger partial charge in [-0.05, 0) is 31.7 Å². The molecule has 2 aliphatic heterocycles. The van der Waals surface area contributed by atoms with Crippen molar-refractivity contribution in [1.82, 2.24) is 10.4 Å². The van der Waals surface area contributed by atoms with Crippen molar-refractivity contribution in [1.29, 1.82) is 0 Å². The van der Waals surface area contributed by atoms with Crippen LogP contribution in [0.5, 0.6) is 0 Å². The minimum absolute atomic E-state index is 0.0203. The van der Waals surface area contributed by atoms with Gasteiger partial charge in [-0.25, -0.2) is 5.06 Å². The summed E-state index contributed by atoms with van der Waals surface area (Å²) in [5.41, 5.74) is 0. The van der Waals surface area contributed by atoms with E-state index in [-0.39, 0.29) is 11.9 Å². The van der Waals surface area contributed by atoms with E-state index >= 15 is 0 Å². The van der Waals surface area contributed by atoms with Crippen LogP contribution in [0.15, 0.2) is 0 Å². The molecule has 0 spiro atoms. The number of hydrogen-bond acceptors (Lipinski definition) is 3. The van der Waals surface area contributed by atoms with E-state index in [2.05, 4.69) is 12.2 Å². The van der Waals surface area contributed by atoms with Crippen molar-refractivity contribution >= 4 is 5.91 Å². The van der Waals surface area contributed by atoms with Gasteiger partial charge < -0.3 is 5.32 Å². The van der Waals surface area contributed by atoms with Crippen molar-refractivity contribution in [2.24, 2.45) is 5.92 Å². The van der Waals surface area contributed by atoms with Crippen LogP contribution < -0.4 is 5.32 Å². The molecule has 2 fully saturated rings. The van der Waals surface area contributed by atoms with Crippen LogP contribution in [0.25, 0.3) is 0 Å². The standard InChI is InChI=1S/C10H18N2O2/c1-8-4-5-11-9(8)10(13)12-6-2-3-7-14-12/h8-9,11H,2-7H2,1H3. The van der Waals surface area contributed by atoms with Crippen LogP contribution in [0.2, 0.25) is 0 Å². The smallest absolute Gasteiger partial charge is 0.263 e. The molecule has 14 heavy (non-hydrogen) atoms. The van der Waals surface area contributed by atoms with Crippen molar-refractivity contribution in [2.75, 3.05) is 19.7 Å². The lowest BCUT2D eigenvalue weighted by Crippen LogP contribution is -2.47. The molecule has 2 aliphatic rings. The van der Waals surface area contributed by atoms with Crippen LogP contribution in [0.4, 0.5) is 0 Å². The van der Waals surface area contributed by atoms with E-state index in [4.69, 9.17) is 4.84 Å². The Kier molecular flexibility index (Phi) is 3.03. The molecule has 2 atom stereocenters. The summed E-state index contributed by atoms with van der Waals surface area (Å²) in [6.45, 7) is 4.51. The van der Waals surface area contributed by atoms with Crippen LogP contribution in [0.3, 0.4) is 0 Å². The van der Waals surface area contributed by atoms with E-state index in [1.807, 2.05) is 0 Å². The molecule has 0 aromatic carbocycles. The van der Waals surface area contributed by atoms with Crippen molar-refractivity contribution in [2.45, 2.75) is 32.2 Å². The maximum Gasteiger partial charge on any atom is 0.263 e. The molecule has 0 aromatic rings. The number of nitrogens with zero attached hydrogens (tertiary/aromatic N) is 1. The highest BCUT2D eigenvalue weighted by molar-refractivity contribution is 5.81. The monoisotopic (exact) mass is 198 g/mol. The van der Waals surface area contributed by atoms with Crippen LogP contribution in [-0.4, -0.2) is 36.7 Å². The first-order chi connectivity index (χ1) is 6.79. The molecule has 1 amide bonds. The van der Waals surface area contributed by atoms with Gasteiger partial charge in [0.15, 0.2) is 0 Å². The molecular formula is C10H18N2O2. The minimum Gasteiger partial charge on any atom is -0.306 e. The molecule has 80 valence electrons. The molecule has 4 nitrogen and oxygen atoms in total. The molecule has 2 unspecified atom stereocenters. The molecule has 0 radical (unpaired) electrons. The fourth-order valence-electron chi connectivity index (χ4n) is 2.09. The van der Waals surface area contributed by atoms with Gasteiger partial charge in [-0.15, -0.1) is 0 Å². The molecule has 2 rings (SSSR count). The first-order valence-corrected chi connectivity index (χ1v) is 5.47. The number of hydroxylamine groups is 2. The average molecular weight is 198 g/mol. The SMILES string of the molecule is CC1CCNC1C(=O)N1CCCCO1. The molecule has 0 aliphatic carbocycles. The zero-order chi connectivity index (χ0) is 9.97. The number of carbonyl (C=O) groups excluding carboxylic acids is 1. The van der Waals surface area contributed by atoms with Crippen molar-refractivity contribution in [3.63, 3.8) is 0 Å². The summed E-state index contributed by atoms with van der Waals surface area (Å²) < 4.78 is 0. The van der Waals surface area contributed by atoms with E-state index in [1.165, 1.54) is 0 Å². The maximum absolute atomic E-state index is 11.9. The van der Waals surface area contributed by atoms with E-state index in [0.717, 1.165) is 32.4 Å². The molecular weight excluding hydrogens is 180 g/mol. The number of carbonyl (C=O) groups is 1. The van der Waals surface area contributed by atoms with Gasteiger partial charge in [-0.2, -0.15) is 0 Å². The summed E-state index contributed by atoms with van der Waals surface area (Å²) in [6, 6.07) is -0.0203. The Balaban J connectivity index is 1.92. The molecule has 0 bridgehead atoms. The highest BCUT2D eigenvalue weighted by Gasteiger charge is 2.33. The quantitative estimate of drug-likeness (QED) is 0.668. The van der Waals surface area contributed by atoms with E-state index in [0.29, 0.717) is 12.5 Å². The first-order valence-electron chi connectivity index (χ1n) is 5.47. The Hall–Kier alpha value is -0.610. The third-order valence-electron chi connectivity index (χ3n) is 3.05. The number of hydrogen-bond donors (Lipinski definition) is 1. The number of rotatable bonds is 1. The lowest BCUT2D eigenvalue weighted by Gasteiger charge is -2.29. The van der Waals surface area contributed by atoms with Gasteiger partial charge in [0.2, 0.25) is 0 Å². The third-order valence-corrected chi connectivity index (χ3v) is 3.05. The topological polar surface area (TPSA) is 41.6 Å². The van der Waals surface area contributed by atoms with Gasteiger partial charge >= 0.3 is 0 Å². The lowest BCUT2D eigenvalue weighted by molar-refractivity contribution is -0.199. The van der Waals surface area contributed by atoms with Gasteiger partial charge in [-0.1, -0.05) is 6.92 Å². The zero-order valence-corrected chi connectivity index (χ0v) is 8.66. The molecule has 0 saturated carbocycles. The zero-order valence-electron chi connectivity index (χ0n) is 8.66. The van der Waals surface area contributed by atoms with Gasteiger partial charge in [0.25, 0.3) is 5.91 Å². The highest BCUT2D eigenvalue weighted by Crippen LogP contribution is 2.18. The van der Waals surface area contributed by atoms with Crippen molar-refractivity contribution in [3.8, 4) is 0 Å². The third kappa shape index (κ3) is 1.91. The summed E-state index contributed by atoms with van der Waals surface area (Å²) in [6.07, 6.45) is 3.22. The van der Waals surface area contributed by atoms with E-state index in [9.17, 15) is 4.79 Å². The van der Waals surface area contributed by atoms with E-state index < -0.39 is 0 Å². The summed E-state index contributed by atoms with van der Waals surface area (Å²) in [4.78, 5) is 17.3. The van der Waals surface area contributed by atoms with Gasteiger partial charge in [0.1, 0.15) is 0 Å². The molecule has 1 N–H and O–H groups in total. The summed E-state index contributed by atoms with van der Waals surface area (Å²) in [5, 5.41) is 4.78. The molecule has 2 heterocycles. The maximum atomic E-state index is 11.9. The number of nitrogens with one attached hydrogen (secondary N) is 1. The molecule has 2 saturated heterocycles. The van der Waals surface area contributed by atoms with Crippen LogP contribution in [0, 0.1) is 5.92 Å². The van der Waals surface area contributed by atoms with Crippen molar-refractivity contribution in [3.05, 3.63) is 0 Å². The second kappa shape index (κ2) is 4.28. The Morgan fingerprint density at radius 3 is 2.93 bits per heavy atom. The van der Waals surface area contributed by atoms with Crippen LogP contribution in [-0.2, 0) is 9.63 Å². The van der Waals surface area contributed by atoms with Gasteiger partial charge in [-0.3, -0.25) is 9.63 Å². The minimum atomic E-state index is -0.0203. The first kappa shape index (κ1) is 9.93. The van der Waals surface area contributed by atoms with Gasteiger partial charge in [0.05, 0.1) is 12.6 Å². The average Bonchev–Trinajstić information content (AvgIpc) is 2.65. The van der Waals surface area contributed by atoms with Gasteiger partial charge in [0, 0.05) is 6.54 Å². The Morgan fingerprint density at radius 1 is 1.50 bits per heavy atom. The normalized spacial score (nSPS) is 33.4. The Morgan fingerprint density at radius 2 is 2.36 bits per heavy atom. The Bertz CT molecular complexity index is 214. The molecule has 4 heteroatoms. The summed E-state index contributed by atoms with van der Waals surface area (Å²) >= 11 is 0. The van der Waals surface area contributed by atoms with Crippen LogP contribution in [0.1, 0.15) is 26.2 Å². The summed E-state index contributed by atoms with van der Waals surface area (Å²) in [7, 11) is 0. The largest absolute Gasteiger partial charge is 0.306 e. The fourth-order valence-corrected chi connectivity index (χ4v) is 2.09. The molecule has 0 aromatic heterocycles. The fraction of sp³-hybridized carbons (Fsp3) is 0.900. The summed E-state index contributed by atoms with van der Waals surface area (Å²) in [5.74, 6) is 0.558. The van der Waals surface area contributed by atoms with E-state index in [1.54, 1.807) is 5.06 Å². The van der Waals surface area contributed by atoms with Crippen molar-refractivity contribution < 1.29 is 9.63 Å². The van der Waals surface area contributed by atoms with Crippen LogP contribution >= 0.6 is 0 Å². The number of amides is 1. The second-order valence-corrected chi connectivity index (χ2v) is 4.18. The highest BCUT2D eigenvalue weighted by atomic mass is 16.7. The lowest BCUT2D eigenvalue weighted by atomic mass is 10.0. The Labute approximate surface area is 84.6 Å².